The first kappa shape index (κ1) is 15.2. The first-order valence-corrected chi connectivity index (χ1v) is 7.41. The van der Waals surface area contributed by atoms with Crippen molar-refractivity contribution in [3.05, 3.63) is 53.6 Å². The van der Waals surface area contributed by atoms with Crippen LogP contribution < -0.4 is 14.2 Å². The lowest BCUT2D eigenvalue weighted by Crippen LogP contribution is -2.27. The second kappa shape index (κ2) is 6.60. The number of methoxy groups -OCH3 is 1. The van der Waals surface area contributed by atoms with Gasteiger partial charge in [-0.15, -0.1) is 0 Å². The van der Waals surface area contributed by atoms with Gasteiger partial charge in [-0.3, -0.25) is 4.79 Å². The quantitative estimate of drug-likeness (QED) is 0.851. The summed E-state index contributed by atoms with van der Waals surface area (Å²) in [6.07, 6.45) is 0.345. The summed E-state index contributed by atoms with van der Waals surface area (Å²) in [4.78, 5) is 14.1. The van der Waals surface area contributed by atoms with Crippen molar-refractivity contribution in [2.75, 3.05) is 21.0 Å². The molecule has 0 aliphatic carbocycles. The van der Waals surface area contributed by atoms with Crippen molar-refractivity contribution < 1.29 is 19.0 Å². The van der Waals surface area contributed by atoms with Gasteiger partial charge in [0.2, 0.25) is 12.7 Å². The van der Waals surface area contributed by atoms with E-state index in [1.165, 1.54) is 0 Å². The zero-order chi connectivity index (χ0) is 16.2. The molecule has 0 fully saturated rings. The standard InChI is InChI=1S/C18H19NO4/c1-19(11-14-6-7-16-17(9-14)23-12-22-16)18(20)10-13-4-3-5-15(8-13)21-2/h3-9H,10-12H2,1-2H3. The topological polar surface area (TPSA) is 48.0 Å². The van der Waals surface area contributed by atoms with Gasteiger partial charge in [0, 0.05) is 13.6 Å². The molecule has 0 saturated carbocycles. The molecule has 0 bridgehead atoms. The number of carbonyl (C=O) groups is 1. The molecule has 0 spiro atoms. The van der Waals surface area contributed by atoms with Crippen LogP contribution in [-0.4, -0.2) is 31.8 Å². The third-order valence-corrected chi connectivity index (χ3v) is 3.77. The average Bonchev–Trinajstić information content (AvgIpc) is 3.02. The molecule has 1 aliphatic heterocycles. The molecule has 120 valence electrons. The van der Waals surface area contributed by atoms with E-state index in [0.717, 1.165) is 28.4 Å². The van der Waals surface area contributed by atoms with Crippen molar-refractivity contribution in [2.24, 2.45) is 0 Å². The van der Waals surface area contributed by atoms with E-state index in [-0.39, 0.29) is 12.7 Å². The molecule has 1 heterocycles. The number of carbonyl (C=O) groups excluding carboxylic acids is 1. The Hall–Kier alpha value is -2.69. The van der Waals surface area contributed by atoms with Crippen LogP contribution in [-0.2, 0) is 17.8 Å². The number of benzene rings is 2. The highest BCUT2D eigenvalue weighted by Crippen LogP contribution is 2.32. The Balaban J connectivity index is 1.63. The molecule has 0 aromatic heterocycles. The van der Waals surface area contributed by atoms with Crippen LogP contribution in [0.25, 0.3) is 0 Å². The maximum Gasteiger partial charge on any atom is 0.231 e. The van der Waals surface area contributed by atoms with Gasteiger partial charge < -0.3 is 19.1 Å². The molecule has 1 aliphatic rings. The van der Waals surface area contributed by atoms with Crippen LogP contribution in [0.1, 0.15) is 11.1 Å². The molecule has 0 atom stereocenters. The summed E-state index contributed by atoms with van der Waals surface area (Å²) in [7, 11) is 3.42. The third kappa shape index (κ3) is 3.56. The van der Waals surface area contributed by atoms with Crippen molar-refractivity contribution in [3.63, 3.8) is 0 Å². The molecule has 5 heteroatoms. The van der Waals surface area contributed by atoms with Gasteiger partial charge in [-0.25, -0.2) is 0 Å². The van der Waals surface area contributed by atoms with Crippen LogP contribution in [0.5, 0.6) is 17.2 Å². The summed E-state index contributed by atoms with van der Waals surface area (Å²) >= 11 is 0. The Bertz CT molecular complexity index is 714. The summed E-state index contributed by atoms with van der Waals surface area (Å²) in [6.45, 7) is 0.781. The average molecular weight is 313 g/mol. The Kier molecular flexibility index (Phi) is 4.37. The van der Waals surface area contributed by atoms with Crippen LogP contribution in [0.2, 0.25) is 0 Å². The predicted octanol–water partition coefficient (Wildman–Crippen LogP) is 2.63. The van der Waals surface area contributed by atoms with E-state index in [1.54, 1.807) is 19.1 Å². The molecule has 0 N–H and O–H groups in total. The maximum absolute atomic E-state index is 12.4. The van der Waals surface area contributed by atoms with Crippen LogP contribution in [0, 0.1) is 0 Å². The SMILES string of the molecule is COc1cccc(CC(=O)N(C)Cc2ccc3c(c2)OCO3)c1. The number of hydrogen-bond acceptors (Lipinski definition) is 4. The molecular formula is C18H19NO4. The monoisotopic (exact) mass is 313 g/mol. The Labute approximate surface area is 135 Å². The van der Waals surface area contributed by atoms with Gasteiger partial charge in [0.25, 0.3) is 0 Å². The number of likely N-dealkylation sites (N-methyl/N-ethyl adjacent to an activating group) is 1. The highest BCUT2D eigenvalue weighted by atomic mass is 16.7. The maximum atomic E-state index is 12.4. The Morgan fingerprint density at radius 1 is 1.13 bits per heavy atom. The van der Waals surface area contributed by atoms with Crippen molar-refractivity contribution in [1.82, 2.24) is 4.90 Å². The van der Waals surface area contributed by atoms with Gasteiger partial charge in [-0.1, -0.05) is 18.2 Å². The number of amides is 1. The molecule has 5 nitrogen and oxygen atoms in total. The molecule has 2 aromatic rings. The van der Waals surface area contributed by atoms with Crippen LogP contribution in [0.4, 0.5) is 0 Å². The molecule has 23 heavy (non-hydrogen) atoms. The van der Waals surface area contributed by atoms with Gasteiger partial charge in [-0.2, -0.15) is 0 Å². The van der Waals surface area contributed by atoms with E-state index in [4.69, 9.17) is 14.2 Å². The fourth-order valence-electron chi connectivity index (χ4n) is 2.49. The summed E-state index contributed by atoms with van der Waals surface area (Å²) < 4.78 is 15.8. The molecule has 0 saturated heterocycles. The van der Waals surface area contributed by atoms with Crippen molar-refractivity contribution in [1.29, 1.82) is 0 Å². The molecule has 0 unspecified atom stereocenters. The van der Waals surface area contributed by atoms with Gasteiger partial charge in [-0.05, 0) is 35.4 Å². The van der Waals surface area contributed by atoms with E-state index in [2.05, 4.69) is 0 Å². The zero-order valence-electron chi connectivity index (χ0n) is 13.2. The predicted molar refractivity (Wildman–Crippen MR) is 85.7 cm³/mol. The number of ether oxygens (including phenoxy) is 3. The Morgan fingerprint density at radius 3 is 2.78 bits per heavy atom. The lowest BCUT2D eigenvalue weighted by atomic mass is 10.1. The summed E-state index contributed by atoms with van der Waals surface area (Å²) in [5, 5.41) is 0. The van der Waals surface area contributed by atoms with Crippen LogP contribution in [0.15, 0.2) is 42.5 Å². The van der Waals surface area contributed by atoms with E-state index in [9.17, 15) is 4.79 Å². The van der Waals surface area contributed by atoms with Gasteiger partial charge in [0.1, 0.15) is 5.75 Å². The first-order valence-electron chi connectivity index (χ1n) is 7.41. The zero-order valence-corrected chi connectivity index (χ0v) is 13.2. The lowest BCUT2D eigenvalue weighted by molar-refractivity contribution is -0.129. The molecular weight excluding hydrogens is 294 g/mol. The van der Waals surface area contributed by atoms with Crippen molar-refractivity contribution in [3.8, 4) is 17.2 Å². The highest BCUT2D eigenvalue weighted by molar-refractivity contribution is 5.78. The van der Waals surface area contributed by atoms with Crippen LogP contribution >= 0.6 is 0 Å². The van der Waals surface area contributed by atoms with Crippen molar-refractivity contribution >= 4 is 5.91 Å². The summed E-state index contributed by atoms with van der Waals surface area (Å²) in [5.74, 6) is 2.29. The Morgan fingerprint density at radius 2 is 1.96 bits per heavy atom. The molecule has 3 rings (SSSR count). The summed E-state index contributed by atoms with van der Waals surface area (Å²) in [5.41, 5.74) is 1.95. The second-order valence-electron chi connectivity index (χ2n) is 5.47. The first-order chi connectivity index (χ1) is 11.2. The number of hydrogen-bond donors (Lipinski definition) is 0. The highest BCUT2D eigenvalue weighted by Gasteiger charge is 2.15. The second-order valence-corrected chi connectivity index (χ2v) is 5.47. The third-order valence-electron chi connectivity index (χ3n) is 3.77. The number of fused-ring (bicyclic) bond motifs is 1. The molecule has 1 amide bonds. The largest absolute Gasteiger partial charge is 0.497 e. The van der Waals surface area contributed by atoms with Crippen molar-refractivity contribution in [2.45, 2.75) is 13.0 Å². The molecule has 2 aromatic carbocycles. The minimum atomic E-state index is 0.0518. The van der Waals surface area contributed by atoms with Gasteiger partial charge in [0.15, 0.2) is 11.5 Å². The van der Waals surface area contributed by atoms with Gasteiger partial charge >= 0.3 is 0 Å². The number of nitrogens with zero attached hydrogens (tertiary/aromatic N) is 1. The van der Waals surface area contributed by atoms with Gasteiger partial charge in [0.05, 0.1) is 13.5 Å². The number of rotatable bonds is 5. The smallest absolute Gasteiger partial charge is 0.231 e. The normalized spacial score (nSPS) is 12.1. The summed E-state index contributed by atoms with van der Waals surface area (Å²) in [6, 6.07) is 13.3. The van der Waals surface area contributed by atoms with E-state index in [0.29, 0.717) is 13.0 Å². The lowest BCUT2D eigenvalue weighted by Gasteiger charge is -2.17. The fraction of sp³-hybridized carbons (Fsp3) is 0.278. The van der Waals surface area contributed by atoms with E-state index < -0.39 is 0 Å². The van der Waals surface area contributed by atoms with E-state index >= 15 is 0 Å². The minimum Gasteiger partial charge on any atom is -0.497 e. The molecule has 0 radical (unpaired) electrons. The van der Waals surface area contributed by atoms with E-state index in [1.807, 2.05) is 42.5 Å². The fourth-order valence-corrected chi connectivity index (χ4v) is 2.49. The minimum absolute atomic E-state index is 0.0518. The van der Waals surface area contributed by atoms with Crippen LogP contribution in [0.3, 0.4) is 0 Å².